The fourth-order valence-electron chi connectivity index (χ4n) is 2.08. The van der Waals surface area contributed by atoms with Gasteiger partial charge in [-0.1, -0.05) is 30.7 Å². The van der Waals surface area contributed by atoms with E-state index in [0.29, 0.717) is 11.4 Å². The summed E-state index contributed by atoms with van der Waals surface area (Å²) in [5.41, 5.74) is 1.09. The Labute approximate surface area is 123 Å². The fourth-order valence-corrected chi connectivity index (χ4v) is 2.20. The Balaban J connectivity index is 2.48. The zero-order valence-electron chi connectivity index (χ0n) is 11.6. The van der Waals surface area contributed by atoms with Crippen molar-refractivity contribution in [2.75, 3.05) is 6.54 Å². The second-order valence-electron chi connectivity index (χ2n) is 4.99. The predicted molar refractivity (Wildman–Crippen MR) is 77.1 cm³/mol. The minimum absolute atomic E-state index is 0.0819. The van der Waals surface area contributed by atoms with Gasteiger partial charge in [-0.2, -0.15) is 13.2 Å². The van der Waals surface area contributed by atoms with Gasteiger partial charge in [-0.15, -0.1) is 0 Å². The molecule has 20 heavy (non-hydrogen) atoms. The molecule has 1 aromatic rings. The van der Waals surface area contributed by atoms with Crippen molar-refractivity contribution in [1.29, 1.82) is 0 Å². The Morgan fingerprint density at radius 1 is 1.20 bits per heavy atom. The summed E-state index contributed by atoms with van der Waals surface area (Å²) in [6.45, 7) is 2.87. The van der Waals surface area contributed by atoms with Gasteiger partial charge in [-0.3, -0.25) is 0 Å². The molecule has 0 spiro atoms. The lowest BCUT2D eigenvalue weighted by Gasteiger charge is -2.19. The van der Waals surface area contributed by atoms with E-state index in [1.807, 2.05) is 31.2 Å². The molecular weight excluding hydrogens is 287 g/mol. The first-order chi connectivity index (χ1) is 9.40. The molecule has 1 unspecified atom stereocenters. The van der Waals surface area contributed by atoms with Crippen LogP contribution in [-0.2, 0) is 6.42 Å². The Kier molecular flexibility index (Phi) is 7.38. The molecule has 0 fully saturated rings. The predicted octanol–water partition coefficient (Wildman–Crippen LogP) is 4.98. The van der Waals surface area contributed by atoms with Crippen molar-refractivity contribution in [3.63, 3.8) is 0 Å². The maximum atomic E-state index is 12.2. The lowest BCUT2D eigenvalue weighted by molar-refractivity contribution is -0.135. The highest BCUT2D eigenvalue weighted by molar-refractivity contribution is 6.30. The van der Waals surface area contributed by atoms with Gasteiger partial charge in [0.15, 0.2) is 0 Å². The molecule has 5 heteroatoms. The molecule has 114 valence electrons. The number of hydrogen-bond donors (Lipinski definition) is 1. The van der Waals surface area contributed by atoms with Crippen molar-refractivity contribution in [2.45, 2.75) is 51.2 Å². The van der Waals surface area contributed by atoms with Crippen LogP contribution < -0.4 is 5.32 Å². The maximum absolute atomic E-state index is 12.2. The Morgan fingerprint density at radius 3 is 2.40 bits per heavy atom. The van der Waals surface area contributed by atoms with E-state index in [2.05, 4.69) is 5.32 Å². The second-order valence-corrected chi connectivity index (χ2v) is 5.43. The fraction of sp³-hybridized carbons (Fsp3) is 0.600. The third-order valence-electron chi connectivity index (χ3n) is 3.09. The summed E-state index contributed by atoms with van der Waals surface area (Å²) in [5.74, 6) is 0. The number of rotatable bonds is 8. The van der Waals surface area contributed by atoms with Gasteiger partial charge in [0.05, 0.1) is 0 Å². The first-order valence-electron chi connectivity index (χ1n) is 6.95. The van der Waals surface area contributed by atoms with E-state index in [0.717, 1.165) is 24.9 Å². The van der Waals surface area contributed by atoms with E-state index in [1.54, 1.807) is 0 Å². The third kappa shape index (κ3) is 7.75. The summed E-state index contributed by atoms with van der Waals surface area (Å²) < 4.78 is 36.6. The molecule has 0 amide bonds. The summed E-state index contributed by atoms with van der Waals surface area (Å²) in [6.07, 6.45) is -2.38. The Bertz CT molecular complexity index is 376. The molecule has 0 aliphatic heterocycles. The Hall–Kier alpha value is -0.740. The molecule has 0 radical (unpaired) electrons. The van der Waals surface area contributed by atoms with E-state index < -0.39 is 12.6 Å². The van der Waals surface area contributed by atoms with Crippen LogP contribution in [0.15, 0.2) is 24.3 Å². The van der Waals surface area contributed by atoms with E-state index in [4.69, 9.17) is 11.6 Å². The van der Waals surface area contributed by atoms with Gasteiger partial charge in [-0.25, -0.2) is 0 Å². The van der Waals surface area contributed by atoms with Gasteiger partial charge in [0.1, 0.15) is 0 Å². The highest BCUT2D eigenvalue weighted by atomic mass is 35.5. The highest BCUT2D eigenvalue weighted by Crippen LogP contribution is 2.23. The number of halogens is 4. The van der Waals surface area contributed by atoms with Crippen molar-refractivity contribution in [1.82, 2.24) is 5.32 Å². The van der Waals surface area contributed by atoms with Crippen LogP contribution >= 0.6 is 11.6 Å². The molecule has 0 saturated heterocycles. The van der Waals surface area contributed by atoms with Crippen LogP contribution in [0.2, 0.25) is 5.02 Å². The van der Waals surface area contributed by atoms with Crippen molar-refractivity contribution < 1.29 is 13.2 Å². The van der Waals surface area contributed by atoms with E-state index >= 15 is 0 Å². The summed E-state index contributed by atoms with van der Waals surface area (Å²) in [6, 6.07) is 7.55. The lowest BCUT2D eigenvalue weighted by atomic mass is 10.0. The van der Waals surface area contributed by atoms with Crippen LogP contribution in [0.5, 0.6) is 0 Å². The first-order valence-corrected chi connectivity index (χ1v) is 7.33. The molecule has 0 heterocycles. The topological polar surface area (TPSA) is 12.0 Å². The van der Waals surface area contributed by atoms with Crippen molar-refractivity contribution in [2.24, 2.45) is 0 Å². The second kappa shape index (κ2) is 8.53. The highest BCUT2D eigenvalue weighted by Gasteiger charge is 2.26. The molecular formula is C15H21ClF3N. The van der Waals surface area contributed by atoms with Gasteiger partial charge in [-0.05, 0) is 49.9 Å². The average Bonchev–Trinajstić information content (AvgIpc) is 2.37. The van der Waals surface area contributed by atoms with Crippen LogP contribution in [0.25, 0.3) is 0 Å². The van der Waals surface area contributed by atoms with Crippen LogP contribution in [0.1, 0.15) is 38.2 Å². The molecule has 1 rings (SSSR count). The number of hydrogen-bond acceptors (Lipinski definition) is 1. The summed E-state index contributed by atoms with van der Waals surface area (Å²) in [4.78, 5) is 0. The van der Waals surface area contributed by atoms with Gasteiger partial charge in [0, 0.05) is 17.5 Å². The minimum Gasteiger partial charge on any atom is -0.314 e. The quantitative estimate of drug-likeness (QED) is 0.714. The molecule has 0 saturated carbocycles. The van der Waals surface area contributed by atoms with Gasteiger partial charge >= 0.3 is 6.18 Å². The number of alkyl halides is 3. The van der Waals surface area contributed by atoms with Crippen LogP contribution in [0.3, 0.4) is 0 Å². The van der Waals surface area contributed by atoms with Crippen LogP contribution in [-0.4, -0.2) is 18.8 Å². The van der Waals surface area contributed by atoms with Crippen LogP contribution in [0, 0.1) is 0 Å². The molecule has 0 aliphatic rings. The zero-order chi connectivity index (χ0) is 15.0. The smallest absolute Gasteiger partial charge is 0.314 e. The first kappa shape index (κ1) is 17.3. The van der Waals surface area contributed by atoms with Gasteiger partial charge in [0.25, 0.3) is 0 Å². The Morgan fingerprint density at radius 2 is 1.85 bits per heavy atom. The minimum atomic E-state index is -4.06. The molecule has 1 atom stereocenters. The molecule has 1 N–H and O–H groups in total. The maximum Gasteiger partial charge on any atom is 0.389 e. The van der Waals surface area contributed by atoms with E-state index in [1.165, 1.54) is 0 Å². The lowest BCUT2D eigenvalue weighted by Crippen LogP contribution is -2.32. The SMILES string of the molecule is CCCNC(CCCC(F)(F)F)Cc1ccc(Cl)cc1. The third-order valence-corrected chi connectivity index (χ3v) is 3.34. The van der Waals surface area contributed by atoms with Gasteiger partial charge < -0.3 is 5.32 Å². The van der Waals surface area contributed by atoms with Crippen molar-refractivity contribution in [3.8, 4) is 0 Å². The molecule has 1 aromatic carbocycles. The van der Waals surface area contributed by atoms with E-state index in [9.17, 15) is 13.2 Å². The standard InChI is InChI=1S/C15H21ClF3N/c1-2-10-20-14(4-3-9-15(17,18)19)11-12-5-7-13(16)8-6-12/h5-8,14,20H,2-4,9-11H2,1H3. The van der Waals surface area contributed by atoms with Crippen LogP contribution in [0.4, 0.5) is 13.2 Å². The molecule has 0 aliphatic carbocycles. The van der Waals surface area contributed by atoms with E-state index in [-0.39, 0.29) is 12.5 Å². The van der Waals surface area contributed by atoms with Crippen molar-refractivity contribution in [3.05, 3.63) is 34.9 Å². The monoisotopic (exact) mass is 307 g/mol. The molecule has 1 nitrogen and oxygen atoms in total. The normalized spacial score (nSPS) is 13.4. The van der Waals surface area contributed by atoms with Gasteiger partial charge in [0.2, 0.25) is 0 Å². The molecule has 0 bridgehead atoms. The summed E-state index contributed by atoms with van der Waals surface area (Å²) >= 11 is 5.82. The molecule has 0 aromatic heterocycles. The zero-order valence-corrected chi connectivity index (χ0v) is 12.4. The number of benzene rings is 1. The number of nitrogens with one attached hydrogen (secondary N) is 1. The summed E-state index contributed by atoms with van der Waals surface area (Å²) in [7, 11) is 0. The average molecular weight is 308 g/mol. The van der Waals surface area contributed by atoms with Crippen molar-refractivity contribution >= 4 is 11.6 Å². The summed E-state index contributed by atoms with van der Waals surface area (Å²) in [5, 5.41) is 3.99. The largest absolute Gasteiger partial charge is 0.389 e.